The molecule has 0 atom stereocenters. The molecule has 1 amide bonds. The number of nitrogens with one attached hydrogen (secondary N) is 1. The van der Waals surface area contributed by atoms with Crippen LogP contribution in [0.25, 0.3) is 0 Å². The van der Waals surface area contributed by atoms with Crippen molar-refractivity contribution in [1.29, 1.82) is 0 Å². The third-order valence-corrected chi connectivity index (χ3v) is 2.03. The Hall–Kier alpha value is -1.72. The van der Waals surface area contributed by atoms with E-state index in [0.29, 0.717) is 6.26 Å². The summed E-state index contributed by atoms with van der Waals surface area (Å²) in [6.07, 6.45) is -2.85. The third kappa shape index (κ3) is 2.65. The topological polar surface area (TPSA) is 42.2 Å². The number of rotatable bonds is 3. The van der Waals surface area contributed by atoms with Crippen LogP contribution in [0.15, 0.2) is 23.3 Å². The number of halogens is 3. The first-order valence-electron chi connectivity index (χ1n) is 4.40. The first-order chi connectivity index (χ1) is 7.36. The molecule has 1 N–H and O–H groups in total. The Morgan fingerprint density at radius 1 is 1.62 bits per heavy atom. The molecule has 88 valence electrons. The van der Waals surface area contributed by atoms with Crippen LogP contribution in [0.5, 0.6) is 0 Å². The predicted molar refractivity (Wildman–Crippen MR) is 50.5 cm³/mol. The van der Waals surface area contributed by atoms with Crippen LogP contribution in [0.4, 0.5) is 13.2 Å². The van der Waals surface area contributed by atoms with Crippen molar-refractivity contribution in [3.63, 3.8) is 0 Å². The van der Waals surface area contributed by atoms with Crippen LogP contribution in [0.3, 0.4) is 0 Å². The molecule has 1 aromatic rings. The SMILES string of the molecule is C=CC(=O)NCc1c(C(F)(F)F)coc1C. The molecule has 0 aliphatic carbocycles. The monoisotopic (exact) mass is 233 g/mol. The molecular formula is C10H10F3NO2. The van der Waals surface area contributed by atoms with Gasteiger partial charge >= 0.3 is 6.18 Å². The number of furan rings is 1. The van der Waals surface area contributed by atoms with Gasteiger partial charge in [-0.25, -0.2) is 0 Å². The van der Waals surface area contributed by atoms with Crippen LogP contribution in [0.2, 0.25) is 0 Å². The molecule has 0 aromatic carbocycles. The largest absolute Gasteiger partial charge is 0.469 e. The van der Waals surface area contributed by atoms with Crippen molar-refractivity contribution in [1.82, 2.24) is 5.32 Å². The van der Waals surface area contributed by atoms with Gasteiger partial charge in [-0.1, -0.05) is 6.58 Å². The maximum atomic E-state index is 12.5. The third-order valence-electron chi connectivity index (χ3n) is 2.03. The zero-order valence-corrected chi connectivity index (χ0v) is 8.52. The van der Waals surface area contributed by atoms with Gasteiger partial charge in [-0.05, 0) is 13.0 Å². The Morgan fingerprint density at radius 2 is 2.25 bits per heavy atom. The highest BCUT2D eigenvalue weighted by Gasteiger charge is 2.36. The minimum Gasteiger partial charge on any atom is -0.469 e. The highest BCUT2D eigenvalue weighted by atomic mass is 19.4. The lowest BCUT2D eigenvalue weighted by Gasteiger charge is -2.07. The molecule has 0 fully saturated rings. The lowest BCUT2D eigenvalue weighted by molar-refractivity contribution is -0.138. The summed E-state index contributed by atoms with van der Waals surface area (Å²) in [6, 6.07) is 0. The summed E-state index contributed by atoms with van der Waals surface area (Å²) in [4.78, 5) is 10.8. The smallest absolute Gasteiger partial charge is 0.419 e. The van der Waals surface area contributed by atoms with Crippen LogP contribution < -0.4 is 5.32 Å². The molecule has 0 saturated heterocycles. The summed E-state index contributed by atoms with van der Waals surface area (Å²) in [7, 11) is 0. The molecule has 0 saturated carbocycles. The van der Waals surface area contributed by atoms with E-state index in [1.54, 1.807) is 0 Å². The number of carbonyl (C=O) groups is 1. The van der Waals surface area contributed by atoms with Crippen molar-refractivity contribution in [3.8, 4) is 0 Å². The van der Waals surface area contributed by atoms with Crippen molar-refractivity contribution in [2.45, 2.75) is 19.6 Å². The molecule has 0 aliphatic rings. The second-order valence-electron chi connectivity index (χ2n) is 3.10. The Balaban J connectivity index is 2.90. The van der Waals surface area contributed by atoms with Crippen LogP contribution in [-0.2, 0) is 17.5 Å². The molecule has 0 unspecified atom stereocenters. The second kappa shape index (κ2) is 4.42. The van der Waals surface area contributed by atoms with Crippen molar-refractivity contribution in [3.05, 3.63) is 35.8 Å². The van der Waals surface area contributed by atoms with E-state index >= 15 is 0 Å². The van der Waals surface area contributed by atoms with E-state index < -0.39 is 17.6 Å². The lowest BCUT2D eigenvalue weighted by atomic mass is 10.1. The van der Waals surface area contributed by atoms with Gasteiger partial charge in [0.2, 0.25) is 5.91 Å². The van der Waals surface area contributed by atoms with Crippen LogP contribution in [0.1, 0.15) is 16.9 Å². The van der Waals surface area contributed by atoms with Gasteiger partial charge in [0.25, 0.3) is 0 Å². The maximum Gasteiger partial charge on any atom is 0.419 e. The number of hydrogen-bond donors (Lipinski definition) is 1. The van der Waals surface area contributed by atoms with Gasteiger partial charge in [0.05, 0.1) is 5.56 Å². The molecule has 6 heteroatoms. The van der Waals surface area contributed by atoms with Crippen LogP contribution >= 0.6 is 0 Å². The van der Waals surface area contributed by atoms with E-state index in [4.69, 9.17) is 4.42 Å². The molecule has 0 aliphatic heterocycles. The summed E-state index contributed by atoms with van der Waals surface area (Å²) in [6.45, 7) is 4.37. The van der Waals surface area contributed by atoms with Gasteiger partial charge in [-0.3, -0.25) is 4.79 Å². The zero-order chi connectivity index (χ0) is 12.3. The number of amides is 1. The second-order valence-corrected chi connectivity index (χ2v) is 3.10. The number of alkyl halides is 3. The average molecular weight is 233 g/mol. The molecule has 1 rings (SSSR count). The fourth-order valence-corrected chi connectivity index (χ4v) is 1.18. The van der Waals surface area contributed by atoms with Crippen LogP contribution in [-0.4, -0.2) is 5.91 Å². The first-order valence-corrected chi connectivity index (χ1v) is 4.40. The van der Waals surface area contributed by atoms with Crippen molar-refractivity contribution >= 4 is 5.91 Å². The van der Waals surface area contributed by atoms with Gasteiger partial charge in [-0.2, -0.15) is 13.2 Å². The highest BCUT2D eigenvalue weighted by Crippen LogP contribution is 2.34. The van der Waals surface area contributed by atoms with Gasteiger partial charge in [-0.15, -0.1) is 0 Å². The van der Waals surface area contributed by atoms with Gasteiger partial charge < -0.3 is 9.73 Å². The van der Waals surface area contributed by atoms with E-state index in [9.17, 15) is 18.0 Å². The van der Waals surface area contributed by atoms with E-state index in [-0.39, 0.29) is 17.9 Å². The minimum absolute atomic E-state index is 0.0669. The quantitative estimate of drug-likeness (QED) is 0.814. The Labute approximate surface area is 89.9 Å². The van der Waals surface area contributed by atoms with Crippen molar-refractivity contribution in [2.75, 3.05) is 0 Å². The molecule has 1 heterocycles. The molecule has 0 bridgehead atoms. The fourth-order valence-electron chi connectivity index (χ4n) is 1.18. The molecule has 0 radical (unpaired) electrons. The predicted octanol–water partition coefficient (Wildman–Crippen LogP) is 2.41. The number of hydrogen-bond acceptors (Lipinski definition) is 2. The van der Waals surface area contributed by atoms with Crippen molar-refractivity contribution < 1.29 is 22.4 Å². The minimum atomic E-state index is -4.48. The van der Waals surface area contributed by atoms with E-state index in [0.717, 1.165) is 6.08 Å². The van der Waals surface area contributed by atoms with Gasteiger partial charge in [0, 0.05) is 12.1 Å². The summed E-state index contributed by atoms with van der Waals surface area (Å²) >= 11 is 0. The first kappa shape index (κ1) is 12.4. The molecular weight excluding hydrogens is 223 g/mol. The van der Waals surface area contributed by atoms with Gasteiger partial charge in [0.15, 0.2) is 0 Å². The Bertz CT molecular complexity index is 407. The Morgan fingerprint density at radius 3 is 2.75 bits per heavy atom. The summed E-state index contributed by atoms with van der Waals surface area (Å²) < 4.78 is 42.1. The van der Waals surface area contributed by atoms with E-state index in [1.165, 1.54) is 6.92 Å². The lowest BCUT2D eigenvalue weighted by Crippen LogP contribution is -2.22. The maximum absolute atomic E-state index is 12.5. The highest BCUT2D eigenvalue weighted by molar-refractivity contribution is 5.86. The Kier molecular flexibility index (Phi) is 3.41. The van der Waals surface area contributed by atoms with E-state index in [1.807, 2.05) is 0 Å². The standard InChI is InChI=1S/C10H10F3NO2/c1-3-9(15)14-4-7-6(2)16-5-8(7)10(11,12)13/h3,5H,1,4H2,2H3,(H,14,15). The molecule has 1 aromatic heterocycles. The molecule has 3 nitrogen and oxygen atoms in total. The number of carbonyl (C=O) groups excluding carboxylic acids is 1. The van der Waals surface area contributed by atoms with Crippen molar-refractivity contribution in [2.24, 2.45) is 0 Å². The molecule has 16 heavy (non-hydrogen) atoms. The summed E-state index contributed by atoms with van der Waals surface area (Å²) in [5, 5.41) is 2.27. The summed E-state index contributed by atoms with van der Waals surface area (Å²) in [5.74, 6) is -0.398. The molecule has 0 spiro atoms. The summed E-state index contributed by atoms with van der Waals surface area (Å²) in [5.41, 5.74) is -0.933. The fraction of sp³-hybridized carbons (Fsp3) is 0.300. The van der Waals surface area contributed by atoms with E-state index in [2.05, 4.69) is 11.9 Å². The zero-order valence-electron chi connectivity index (χ0n) is 8.52. The van der Waals surface area contributed by atoms with Gasteiger partial charge in [0.1, 0.15) is 12.0 Å². The average Bonchev–Trinajstić information content (AvgIpc) is 2.55. The van der Waals surface area contributed by atoms with Crippen LogP contribution in [0, 0.1) is 6.92 Å². The number of aryl methyl sites for hydroxylation is 1. The normalized spacial score (nSPS) is 11.2.